The maximum atomic E-state index is 4.30. The van der Waals surface area contributed by atoms with Gasteiger partial charge >= 0.3 is 0 Å². The van der Waals surface area contributed by atoms with E-state index in [-0.39, 0.29) is 0 Å². The van der Waals surface area contributed by atoms with E-state index < -0.39 is 0 Å². The Morgan fingerprint density at radius 1 is 1.60 bits per heavy atom. The van der Waals surface area contributed by atoms with E-state index in [1.165, 1.54) is 25.0 Å². The van der Waals surface area contributed by atoms with Gasteiger partial charge in [0.05, 0.1) is 16.4 Å². The minimum atomic E-state index is 0.617. The molecule has 0 radical (unpaired) electrons. The van der Waals surface area contributed by atoms with Crippen molar-refractivity contribution in [3.8, 4) is 0 Å². The van der Waals surface area contributed by atoms with Gasteiger partial charge in [0.15, 0.2) is 0 Å². The van der Waals surface area contributed by atoms with Crippen LogP contribution in [0.2, 0.25) is 0 Å². The summed E-state index contributed by atoms with van der Waals surface area (Å²) in [5.74, 6) is 0.617. The number of nitrogens with one attached hydrogen (secondary N) is 1. The number of halogens is 1. The molecule has 2 unspecified atom stereocenters. The van der Waals surface area contributed by atoms with E-state index in [2.05, 4.69) is 33.3 Å². The van der Waals surface area contributed by atoms with Crippen molar-refractivity contribution in [2.75, 3.05) is 6.54 Å². The maximum absolute atomic E-state index is 4.30. The van der Waals surface area contributed by atoms with Crippen LogP contribution in [-0.4, -0.2) is 22.4 Å². The molecular formula is C11H18BrN3. The summed E-state index contributed by atoms with van der Waals surface area (Å²) in [6.45, 7) is 3.23. The van der Waals surface area contributed by atoms with Crippen LogP contribution in [0.5, 0.6) is 0 Å². The van der Waals surface area contributed by atoms with Crippen molar-refractivity contribution in [2.45, 2.75) is 38.1 Å². The molecule has 3 nitrogen and oxygen atoms in total. The Labute approximate surface area is 99.4 Å². The van der Waals surface area contributed by atoms with Crippen molar-refractivity contribution in [2.24, 2.45) is 7.05 Å². The lowest BCUT2D eigenvalue weighted by Crippen LogP contribution is -2.31. The number of likely N-dealkylation sites (N-methyl/N-ethyl adjacent to an activating group) is 1. The van der Waals surface area contributed by atoms with Gasteiger partial charge in [-0.15, -0.1) is 0 Å². The van der Waals surface area contributed by atoms with E-state index in [9.17, 15) is 0 Å². The Bertz CT molecular complexity index is 315. The maximum Gasteiger partial charge on any atom is 0.0635 e. The van der Waals surface area contributed by atoms with Gasteiger partial charge in [-0.05, 0) is 35.3 Å². The molecule has 0 spiro atoms. The normalized spacial score (nSPS) is 26.1. The van der Waals surface area contributed by atoms with E-state index in [1.807, 2.05) is 17.9 Å². The second kappa shape index (κ2) is 4.66. The second-order valence-electron chi connectivity index (χ2n) is 4.20. The highest BCUT2D eigenvalue weighted by Gasteiger charge is 2.31. The molecule has 0 aromatic carbocycles. The van der Waals surface area contributed by atoms with Crippen LogP contribution >= 0.6 is 15.9 Å². The van der Waals surface area contributed by atoms with Gasteiger partial charge in [0.2, 0.25) is 0 Å². The van der Waals surface area contributed by atoms with E-state index in [1.54, 1.807) is 0 Å². The molecule has 84 valence electrons. The molecule has 1 fully saturated rings. The van der Waals surface area contributed by atoms with Crippen molar-refractivity contribution in [1.29, 1.82) is 0 Å². The Balaban J connectivity index is 2.22. The fourth-order valence-corrected chi connectivity index (χ4v) is 3.27. The topological polar surface area (TPSA) is 29.9 Å². The first-order valence-electron chi connectivity index (χ1n) is 5.64. The van der Waals surface area contributed by atoms with Gasteiger partial charge in [0, 0.05) is 19.0 Å². The van der Waals surface area contributed by atoms with Gasteiger partial charge < -0.3 is 5.32 Å². The number of hydrogen-bond donors (Lipinski definition) is 1. The van der Waals surface area contributed by atoms with Gasteiger partial charge in [0.25, 0.3) is 0 Å². The molecule has 15 heavy (non-hydrogen) atoms. The highest BCUT2D eigenvalue weighted by Crippen LogP contribution is 2.37. The predicted molar refractivity (Wildman–Crippen MR) is 65.0 cm³/mol. The zero-order valence-electron chi connectivity index (χ0n) is 9.33. The Morgan fingerprint density at radius 3 is 3.00 bits per heavy atom. The molecule has 2 rings (SSSR count). The molecule has 1 heterocycles. The Morgan fingerprint density at radius 2 is 2.40 bits per heavy atom. The minimum Gasteiger partial charge on any atom is -0.314 e. The van der Waals surface area contributed by atoms with Crippen LogP contribution < -0.4 is 5.32 Å². The van der Waals surface area contributed by atoms with Gasteiger partial charge in [-0.25, -0.2) is 0 Å². The molecule has 1 aromatic rings. The average molecular weight is 272 g/mol. The lowest BCUT2D eigenvalue weighted by molar-refractivity contribution is 0.470. The SMILES string of the molecule is CCNC1CCCC1c1c(Br)cnn1C. The summed E-state index contributed by atoms with van der Waals surface area (Å²) >= 11 is 3.59. The lowest BCUT2D eigenvalue weighted by atomic mass is 9.99. The highest BCUT2D eigenvalue weighted by atomic mass is 79.9. The van der Waals surface area contributed by atoms with Crippen LogP contribution in [0.4, 0.5) is 0 Å². The summed E-state index contributed by atoms with van der Waals surface area (Å²) in [5, 5.41) is 7.87. The summed E-state index contributed by atoms with van der Waals surface area (Å²) in [4.78, 5) is 0. The smallest absolute Gasteiger partial charge is 0.0635 e. The molecule has 2 atom stereocenters. The van der Waals surface area contributed by atoms with Crippen LogP contribution in [0.15, 0.2) is 10.7 Å². The van der Waals surface area contributed by atoms with Crippen molar-refractivity contribution in [1.82, 2.24) is 15.1 Å². The quantitative estimate of drug-likeness (QED) is 0.915. The molecule has 4 heteroatoms. The molecule has 0 saturated heterocycles. The number of rotatable bonds is 3. The fraction of sp³-hybridized carbons (Fsp3) is 0.727. The van der Waals surface area contributed by atoms with Gasteiger partial charge in [0.1, 0.15) is 0 Å². The van der Waals surface area contributed by atoms with E-state index >= 15 is 0 Å². The van der Waals surface area contributed by atoms with Crippen LogP contribution in [0.1, 0.15) is 37.8 Å². The third kappa shape index (κ3) is 2.11. The monoisotopic (exact) mass is 271 g/mol. The number of hydrogen-bond acceptors (Lipinski definition) is 2. The van der Waals surface area contributed by atoms with E-state index in [0.29, 0.717) is 12.0 Å². The zero-order valence-corrected chi connectivity index (χ0v) is 10.9. The highest BCUT2D eigenvalue weighted by molar-refractivity contribution is 9.10. The molecule has 0 aliphatic heterocycles. The van der Waals surface area contributed by atoms with Crippen LogP contribution in [0.3, 0.4) is 0 Å². The number of aryl methyl sites for hydroxylation is 1. The average Bonchev–Trinajstić information content (AvgIpc) is 2.75. The van der Waals surface area contributed by atoms with Gasteiger partial charge in [-0.3, -0.25) is 4.68 Å². The van der Waals surface area contributed by atoms with Gasteiger partial charge in [-0.1, -0.05) is 13.3 Å². The molecule has 0 bridgehead atoms. The molecular weight excluding hydrogens is 254 g/mol. The van der Waals surface area contributed by atoms with E-state index in [4.69, 9.17) is 0 Å². The third-order valence-electron chi connectivity index (χ3n) is 3.27. The number of nitrogens with zero attached hydrogens (tertiary/aromatic N) is 2. The number of aromatic nitrogens is 2. The molecule has 1 aliphatic rings. The fourth-order valence-electron chi connectivity index (χ4n) is 2.63. The molecule has 1 saturated carbocycles. The van der Waals surface area contributed by atoms with E-state index in [0.717, 1.165) is 11.0 Å². The Hall–Kier alpha value is -0.350. The summed E-state index contributed by atoms with van der Waals surface area (Å²) in [6, 6.07) is 0.627. The summed E-state index contributed by atoms with van der Waals surface area (Å²) < 4.78 is 3.16. The second-order valence-corrected chi connectivity index (χ2v) is 5.06. The third-order valence-corrected chi connectivity index (χ3v) is 3.88. The van der Waals surface area contributed by atoms with Crippen LogP contribution in [0.25, 0.3) is 0 Å². The lowest BCUT2D eigenvalue weighted by Gasteiger charge is -2.21. The molecule has 1 aromatic heterocycles. The van der Waals surface area contributed by atoms with Crippen molar-refractivity contribution >= 4 is 15.9 Å². The first kappa shape index (κ1) is 11.1. The van der Waals surface area contributed by atoms with Crippen LogP contribution in [-0.2, 0) is 7.05 Å². The zero-order chi connectivity index (χ0) is 10.8. The van der Waals surface area contributed by atoms with Crippen molar-refractivity contribution in [3.05, 3.63) is 16.4 Å². The first-order chi connectivity index (χ1) is 7.24. The predicted octanol–water partition coefficient (Wildman–Crippen LogP) is 2.43. The summed E-state index contributed by atoms with van der Waals surface area (Å²) in [5.41, 5.74) is 1.35. The molecule has 0 amide bonds. The standard InChI is InChI=1S/C11H18BrN3/c1-3-13-10-6-4-5-8(10)11-9(12)7-14-15(11)2/h7-8,10,13H,3-6H2,1-2H3. The van der Waals surface area contributed by atoms with Crippen molar-refractivity contribution < 1.29 is 0 Å². The van der Waals surface area contributed by atoms with Crippen molar-refractivity contribution in [3.63, 3.8) is 0 Å². The largest absolute Gasteiger partial charge is 0.314 e. The summed E-state index contributed by atoms with van der Waals surface area (Å²) in [6.07, 6.45) is 5.78. The minimum absolute atomic E-state index is 0.617. The van der Waals surface area contributed by atoms with Gasteiger partial charge in [-0.2, -0.15) is 5.10 Å². The first-order valence-corrected chi connectivity index (χ1v) is 6.44. The molecule has 1 aliphatic carbocycles. The summed E-state index contributed by atoms with van der Waals surface area (Å²) in [7, 11) is 2.03. The molecule has 1 N–H and O–H groups in total. The Kier molecular flexibility index (Phi) is 3.46. The van der Waals surface area contributed by atoms with Crippen LogP contribution in [0, 0.1) is 0 Å².